The Bertz CT molecular complexity index is 395. The van der Waals surface area contributed by atoms with Gasteiger partial charge in [0.25, 0.3) is 0 Å². The van der Waals surface area contributed by atoms with Crippen LogP contribution in [0.3, 0.4) is 0 Å². The molecule has 0 saturated carbocycles. The van der Waals surface area contributed by atoms with E-state index < -0.39 is 8.87 Å². The predicted molar refractivity (Wildman–Crippen MR) is 62.5 cm³/mol. The number of hydrogen-bond acceptors (Lipinski definition) is 4. The monoisotopic (exact) mass is 246 g/mol. The average Bonchev–Trinajstić information content (AvgIpc) is 2.18. The number of benzene rings is 1. The van der Waals surface area contributed by atoms with Crippen molar-refractivity contribution >= 4 is 19.7 Å². The smallest absolute Gasteiger partial charge is 0.229 e. The maximum Gasteiger partial charge on any atom is 0.229 e. The molecule has 0 aliphatic carbocycles. The summed E-state index contributed by atoms with van der Waals surface area (Å²) in [6.07, 6.45) is 0.496. The molecule has 0 fully saturated rings. The van der Waals surface area contributed by atoms with Crippen molar-refractivity contribution in [3.05, 3.63) is 29.8 Å². The molecule has 1 rings (SSSR count). The standard InChI is InChI=1S/C10H14O3S2/c1-9-3-5-10(6-4-9)15(12,13)14-8-2-7-11/h3-6,11H,2,7-8H2,1H3. The SMILES string of the molecule is Cc1ccc(S(=O)(=O)SCCCO)cc1. The molecule has 0 heterocycles. The highest BCUT2D eigenvalue weighted by atomic mass is 33.1. The van der Waals surface area contributed by atoms with Crippen molar-refractivity contribution < 1.29 is 13.5 Å². The van der Waals surface area contributed by atoms with Gasteiger partial charge in [-0.25, -0.2) is 8.42 Å². The second-order valence-electron chi connectivity index (χ2n) is 3.17. The fourth-order valence-electron chi connectivity index (χ4n) is 1.01. The minimum absolute atomic E-state index is 0.0242. The molecule has 0 unspecified atom stereocenters. The average molecular weight is 246 g/mol. The van der Waals surface area contributed by atoms with Gasteiger partial charge in [0.15, 0.2) is 0 Å². The maximum atomic E-state index is 11.7. The number of aliphatic hydroxyl groups excluding tert-OH is 1. The van der Waals surface area contributed by atoms with Crippen LogP contribution >= 0.6 is 10.8 Å². The summed E-state index contributed by atoms with van der Waals surface area (Å²) < 4.78 is 23.4. The molecule has 0 spiro atoms. The number of aliphatic hydroxyl groups is 1. The molecule has 1 aromatic carbocycles. The molecule has 15 heavy (non-hydrogen) atoms. The van der Waals surface area contributed by atoms with E-state index in [1.165, 1.54) is 0 Å². The molecule has 1 aromatic rings. The summed E-state index contributed by atoms with van der Waals surface area (Å²) in [5, 5.41) is 8.56. The molecular weight excluding hydrogens is 232 g/mol. The lowest BCUT2D eigenvalue weighted by Crippen LogP contribution is -1.97. The third-order valence-electron chi connectivity index (χ3n) is 1.85. The summed E-state index contributed by atoms with van der Waals surface area (Å²) in [6, 6.07) is 6.77. The van der Waals surface area contributed by atoms with Gasteiger partial charge in [0, 0.05) is 12.4 Å². The van der Waals surface area contributed by atoms with Gasteiger partial charge in [-0.3, -0.25) is 0 Å². The molecule has 0 aliphatic rings. The Balaban J connectivity index is 2.73. The highest BCUT2D eigenvalue weighted by Crippen LogP contribution is 2.23. The van der Waals surface area contributed by atoms with E-state index in [4.69, 9.17) is 5.11 Å². The number of hydrogen-bond donors (Lipinski definition) is 1. The van der Waals surface area contributed by atoms with Crippen LogP contribution in [0.15, 0.2) is 29.2 Å². The summed E-state index contributed by atoms with van der Waals surface area (Å²) in [7, 11) is -2.37. The molecule has 3 nitrogen and oxygen atoms in total. The summed E-state index contributed by atoms with van der Waals surface area (Å²) in [5.74, 6) is 0.423. The second-order valence-corrected chi connectivity index (χ2v) is 7.21. The highest BCUT2D eigenvalue weighted by Gasteiger charge is 2.13. The Morgan fingerprint density at radius 2 is 1.87 bits per heavy atom. The number of aryl methyl sites for hydroxylation is 1. The van der Waals surface area contributed by atoms with Crippen LogP contribution in [0.25, 0.3) is 0 Å². The van der Waals surface area contributed by atoms with Crippen LogP contribution in [-0.4, -0.2) is 25.9 Å². The van der Waals surface area contributed by atoms with Crippen molar-refractivity contribution in [3.63, 3.8) is 0 Å². The first kappa shape index (κ1) is 12.5. The normalized spacial score (nSPS) is 11.6. The molecule has 0 aromatic heterocycles. The topological polar surface area (TPSA) is 54.4 Å². The van der Waals surface area contributed by atoms with Gasteiger partial charge in [-0.1, -0.05) is 17.7 Å². The maximum absolute atomic E-state index is 11.7. The van der Waals surface area contributed by atoms with E-state index in [0.717, 1.165) is 16.4 Å². The largest absolute Gasteiger partial charge is 0.396 e. The van der Waals surface area contributed by atoms with Gasteiger partial charge in [-0.2, -0.15) is 0 Å². The highest BCUT2D eigenvalue weighted by molar-refractivity contribution is 8.72. The molecular formula is C10H14O3S2. The quantitative estimate of drug-likeness (QED) is 0.636. The van der Waals surface area contributed by atoms with E-state index in [0.29, 0.717) is 17.1 Å². The Morgan fingerprint density at radius 1 is 1.27 bits per heavy atom. The zero-order valence-corrected chi connectivity index (χ0v) is 10.1. The van der Waals surface area contributed by atoms with Gasteiger partial charge in [-0.05, 0) is 36.3 Å². The Morgan fingerprint density at radius 3 is 2.40 bits per heavy atom. The fraction of sp³-hybridized carbons (Fsp3) is 0.400. The van der Waals surface area contributed by atoms with Crippen molar-refractivity contribution in [2.45, 2.75) is 18.2 Å². The Kier molecular flexibility index (Phi) is 4.63. The molecule has 0 aliphatic heterocycles. The lowest BCUT2D eigenvalue weighted by atomic mass is 10.2. The van der Waals surface area contributed by atoms with Crippen molar-refractivity contribution in [2.24, 2.45) is 0 Å². The molecule has 0 saturated heterocycles. The first-order valence-electron chi connectivity index (χ1n) is 4.63. The van der Waals surface area contributed by atoms with E-state index in [-0.39, 0.29) is 6.61 Å². The van der Waals surface area contributed by atoms with Crippen LogP contribution in [0.4, 0.5) is 0 Å². The van der Waals surface area contributed by atoms with Gasteiger partial charge in [-0.15, -0.1) is 0 Å². The van der Waals surface area contributed by atoms with Crippen molar-refractivity contribution in [3.8, 4) is 0 Å². The number of rotatable bonds is 5. The molecule has 0 bridgehead atoms. The van der Waals surface area contributed by atoms with E-state index in [1.54, 1.807) is 24.3 Å². The van der Waals surface area contributed by atoms with E-state index >= 15 is 0 Å². The van der Waals surface area contributed by atoms with Crippen LogP contribution in [0.2, 0.25) is 0 Å². The molecule has 1 N–H and O–H groups in total. The van der Waals surface area contributed by atoms with Crippen molar-refractivity contribution in [1.82, 2.24) is 0 Å². The van der Waals surface area contributed by atoms with Gasteiger partial charge >= 0.3 is 0 Å². The van der Waals surface area contributed by atoms with Gasteiger partial charge in [0.2, 0.25) is 8.87 Å². The second kappa shape index (κ2) is 5.53. The Hall–Kier alpha value is -0.520. The Labute approximate surface area is 93.8 Å². The lowest BCUT2D eigenvalue weighted by molar-refractivity contribution is 0.296. The zero-order valence-electron chi connectivity index (χ0n) is 8.51. The first-order valence-corrected chi connectivity index (χ1v) is 7.62. The fourth-order valence-corrected chi connectivity index (χ4v) is 3.83. The van der Waals surface area contributed by atoms with E-state index in [9.17, 15) is 8.42 Å². The minimum Gasteiger partial charge on any atom is -0.396 e. The van der Waals surface area contributed by atoms with Gasteiger partial charge in [0.1, 0.15) is 0 Å². The minimum atomic E-state index is -3.24. The molecule has 84 valence electrons. The van der Waals surface area contributed by atoms with E-state index in [1.807, 2.05) is 6.92 Å². The third-order valence-corrected chi connectivity index (χ3v) is 5.47. The predicted octanol–water partition coefficient (Wildman–Crippen LogP) is 1.80. The van der Waals surface area contributed by atoms with Crippen molar-refractivity contribution in [1.29, 1.82) is 0 Å². The van der Waals surface area contributed by atoms with Crippen LogP contribution in [0.5, 0.6) is 0 Å². The molecule has 0 amide bonds. The summed E-state index contributed by atoms with van der Waals surface area (Å²) in [5.41, 5.74) is 1.04. The van der Waals surface area contributed by atoms with E-state index in [2.05, 4.69) is 0 Å². The van der Waals surface area contributed by atoms with Crippen LogP contribution in [0.1, 0.15) is 12.0 Å². The summed E-state index contributed by atoms with van der Waals surface area (Å²) in [6.45, 7) is 1.94. The lowest BCUT2D eigenvalue weighted by Gasteiger charge is -2.03. The first-order chi connectivity index (χ1) is 7.06. The summed E-state index contributed by atoms with van der Waals surface area (Å²) >= 11 is 0. The molecule has 0 atom stereocenters. The van der Waals surface area contributed by atoms with Crippen molar-refractivity contribution in [2.75, 3.05) is 12.4 Å². The third kappa shape index (κ3) is 3.85. The van der Waals surface area contributed by atoms with Crippen LogP contribution in [-0.2, 0) is 8.87 Å². The molecule has 5 heteroatoms. The zero-order chi connectivity index (χ0) is 11.3. The van der Waals surface area contributed by atoms with Crippen LogP contribution < -0.4 is 0 Å². The summed E-state index contributed by atoms with van der Waals surface area (Å²) in [4.78, 5) is 0.330. The van der Waals surface area contributed by atoms with Gasteiger partial charge < -0.3 is 5.11 Å². The van der Waals surface area contributed by atoms with Gasteiger partial charge in [0.05, 0.1) is 4.90 Å². The van der Waals surface area contributed by atoms with Crippen LogP contribution in [0, 0.1) is 6.92 Å². The molecule has 0 radical (unpaired) electrons.